The molecule has 9 nitrogen and oxygen atoms in total. The van der Waals surface area contributed by atoms with Crippen molar-refractivity contribution >= 4 is 28.9 Å². The van der Waals surface area contributed by atoms with E-state index in [1.54, 1.807) is 24.3 Å². The van der Waals surface area contributed by atoms with E-state index in [1.807, 2.05) is 13.8 Å². The van der Waals surface area contributed by atoms with Crippen LogP contribution in [-0.4, -0.2) is 41.4 Å². The lowest BCUT2D eigenvalue weighted by molar-refractivity contribution is -0.384. The highest BCUT2D eigenvalue weighted by Gasteiger charge is 2.32. The molecule has 1 aliphatic heterocycles. The number of ether oxygens (including phenoxy) is 2. The van der Waals surface area contributed by atoms with Crippen LogP contribution in [0.2, 0.25) is 0 Å². The van der Waals surface area contributed by atoms with Gasteiger partial charge >= 0.3 is 0 Å². The minimum absolute atomic E-state index is 0.0373. The minimum atomic E-state index is -0.603. The molecule has 0 spiro atoms. The van der Waals surface area contributed by atoms with Crippen LogP contribution in [0.15, 0.2) is 43.0 Å². The fraction of sp³-hybridized carbons (Fsp3) is 0.304. The van der Waals surface area contributed by atoms with Crippen LogP contribution < -0.4 is 14.8 Å². The summed E-state index contributed by atoms with van der Waals surface area (Å²) in [5.74, 6) is -0.400. The maximum Gasteiger partial charge on any atom is 0.296 e. The third kappa shape index (κ3) is 4.72. The normalized spacial score (nSPS) is 12.5. The molecule has 2 aromatic carbocycles. The van der Waals surface area contributed by atoms with Crippen molar-refractivity contribution in [3.8, 4) is 11.5 Å². The second-order valence-corrected chi connectivity index (χ2v) is 7.20. The van der Waals surface area contributed by atoms with Crippen LogP contribution in [0.3, 0.4) is 0 Å². The van der Waals surface area contributed by atoms with Gasteiger partial charge in [-0.3, -0.25) is 24.6 Å². The van der Waals surface area contributed by atoms with Crippen LogP contribution >= 0.6 is 0 Å². The smallest absolute Gasteiger partial charge is 0.296 e. The van der Waals surface area contributed by atoms with Crippen molar-refractivity contribution in [2.45, 2.75) is 26.7 Å². The summed E-state index contributed by atoms with van der Waals surface area (Å²) in [5, 5.41) is 14.2. The van der Waals surface area contributed by atoms with Crippen molar-refractivity contribution in [2.24, 2.45) is 0 Å². The van der Waals surface area contributed by atoms with Gasteiger partial charge in [0.25, 0.3) is 11.6 Å². The zero-order valence-corrected chi connectivity index (χ0v) is 18.1. The Morgan fingerprint density at radius 2 is 1.69 bits per heavy atom. The van der Waals surface area contributed by atoms with Gasteiger partial charge in [0.1, 0.15) is 12.2 Å². The molecule has 0 saturated carbocycles. The number of nitrogens with zero attached hydrogens (tertiary/aromatic N) is 2. The number of carbonyl (C=O) groups excluding carboxylic acids is 2. The Balaban J connectivity index is 1.83. The van der Waals surface area contributed by atoms with Gasteiger partial charge in [-0.05, 0) is 18.9 Å². The molecule has 0 unspecified atom stereocenters. The molecule has 2 aromatic rings. The molecule has 1 aliphatic rings. The van der Waals surface area contributed by atoms with Crippen LogP contribution in [0.25, 0.3) is 5.70 Å². The Bertz CT molecular complexity index is 1030. The van der Waals surface area contributed by atoms with Gasteiger partial charge in [-0.1, -0.05) is 38.6 Å². The van der Waals surface area contributed by atoms with Gasteiger partial charge in [-0.15, -0.1) is 0 Å². The topological polar surface area (TPSA) is 111 Å². The maximum absolute atomic E-state index is 12.7. The van der Waals surface area contributed by atoms with Crippen LogP contribution in [0.5, 0.6) is 11.5 Å². The molecule has 0 aliphatic carbocycles. The van der Waals surface area contributed by atoms with Gasteiger partial charge in [-0.25, -0.2) is 0 Å². The molecule has 168 valence electrons. The summed E-state index contributed by atoms with van der Waals surface area (Å²) < 4.78 is 11.3. The number of nitro benzene ring substituents is 1. The van der Waals surface area contributed by atoms with Gasteiger partial charge in [0.15, 0.2) is 11.5 Å². The highest BCUT2D eigenvalue weighted by atomic mass is 16.6. The van der Waals surface area contributed by atoms with E-state index in [9.17, 15) is 19.7 Å². The molecule has 2 amide bonds. The number of nitro groups is 1. The van der Waals surface area contributed by atoms with Gasteiger partial charge in [0.05, 0.1) is 24.2 Å². The molecule has 0 saturated heterocycles. The maximum atomic E-state index is 12.7. The number of anilines is 1. The lowest BCUT2D eigenvalue weighted by Gasteiger charge is -2.18. The second kappa shape index (κ2) is 9.95. The Hall–Kier alpha value is -3.88. The summed E-state index contributed by atoms with van der Waals surface area (Å²) in [5.41, 5.74) is 1.16. The number of amides is 2. The van der Waals surface area contributed by atoms with Crippen molar-refractivity contribution < 1.29 is 24.0 Å². The monoisotopic (exact) mass is 439 g/mol. The molecular weight excluding hydrogens is 414 g/mol. The van der Waals surface area contributed by atoms with Crippen LogP contribution in [0.1, 0.15) is 42.6 Å². The van der Waals surface area contributed by atoms with E-state index in [0.717, 1.165) is 12.8 Å². The van der Waals surface area contributed by atoms with Gasteiger partial charge in [0.2, 0.25) is 5.91 Å². The van der Waals surface area contributed by atoms with E-state index in [2.05, 4.69) is 11.9 Å². The molecule has 1 heterocycles. The quantitative estimate of drug-likeness (QED) is 0.438. The summed E-state index contributed by atoms with van der Waals surface area (Å²) in [7, 11) is 0. The Morgan fingerprint density at radius 1 is 1.09 bits per heavy atom. The average Bonchev–Trinajstić information content (AvgIpc) is 3.01. The molecule has 0 aromatic heterocycles. The van der Waals surface area contributed by atoms with Crippen molar-refractivity contribution in [1.29, 1.82) is 0 Å². The predicted molar refractivity (Wildman–Crippen MR) is 120 cm³/mol. The first-order valence-corrected chi connectivity index (χ1v) is 10.3. The van der Waals surface area contributed by atoms with Crippen LogP contribution in [0.4, 0.5) is 11.4 Å². The number of hydrogen-bond donors (Lipinski definition) is 1. The third-order valence-electron chi connectivity index (χ3n) is 4.80. The van der Waals surface area contributed by atoms with Crippen molar-refractivity contribution in [1.82, 2.24) is 4.90 Å². The minimum Gasteiger partial charge on any atom is -0.490 e. The molecule has 9 heteroatoms. The van der Waals surface area contributed by atoms with Crippen molar-refractivity contribution in [3.63, 3.8) is 0 Å². The molecule has 3 rings (SSSR count). The van der Waals surface area contributed by atoms with Crippen LogP contribution in [-0.2, 0) is 4.79 Å². The summed E-state index contributed by atoms with van der Waals surface area (Å²) in [6.07, 6.45) is 1.45. The number of hydrogen-bond acceptors (Lipinski definition) is 6. The zero-order valence-electron chi connectivity index (χ0n) is 18.1. The first-order valence-electron chi connectivity index (χ1n) is 10.3. The van der Waals surface area contributed by atoms with E-state index in [1.165, 1.54) is 17.0 Å². The first kappa shape index (κ1) is 22.8. The van der Waals surface area contributed by atoms with E-state index in [0.29, 0.717) is 35.8 Å². The third-order valence-corrected chi connectivity index (χ3v) is 4.80. The van der Waals surface area contributed by atoms with Crippen molar-refractivity contribution in [3.05, 3.63) is 64.2 Å². The second-order valence-electron chi connectivity index (χ2n) is 7.20. The largest absolute Gasteiger partial charge is 0.490 e. The average molecular weight is 439 g/mol. The number of carbonyl (C=O) groups is 2. The zero-order chi connectivity index (χ0) is 23.3. The van der Waals surface area contributed by atoms with Crippen LogP contribution in [0, 0.1) is 10.1 Å². The summed E-state index contributed by atoms with van der Waals surface area (Å²) in [6, 6.07) is 9.56. The molecule has 1 N–H and O–H groups in total. The highest BCUT2D eigenvalue weighted by molar-refractivity contribution is 6.11. The molecule has 0 radical (unpaired) electrons. The molecule has 32 heavy (non-hydrogen) atoms. The number of rotatable bonds is 10. The van der Waals surface area contributed by atoms with Gasteiger partial charge < -0.3 is 14.8 Å². The molecule has 0 atom stereocenters. The molecule has 0 fully saturated rings. The Labute approximate surface area is 185 Å². The molecular formula is C23H25N3O6. The summed E-state index contributed by atoms with van der Waals surface area (Å²) in [6.45, 7) is 8.17. The summed E-state index contributed by atoms with van der Waals surface area (Å²) in [4.78, 5) is 37.6. The Kier molecular flexibility index (Phi) is 7.09. The SMILES string of the molecule is C=C1c2ccccc2C(=O)N1CC(=O)Nc1cc(OCCC)c(OCCC)cc1[N+](=O)[O-]. The first-order chi connectivity index (χ1) is 15.4. The fourth-order valence-corrected chi connectivity index (χ4v) is 3.29. The van der Waals surface area contributed by atoms with E-state index in [4.69, 9.17) is 9.47 Å². The molecule has 0 bridgehead atoms. The lowest BCUT2D eigenvalue weighted by Crippen LogP contribution is -2.32. The number of benzene rings is 2. The fourth-order valence-electron chi connectivity index (χ4n) is 3.29. The van der Waals surface area contributed by atoms with Gasteiger partial charge in [0, 0.05) is 22.9 Å². The predicted octanol–water partition coefficient (Wildman–Crippen LogP) is 4.24. The standard InChI is InChI=1S/C23H25N3O6/c1-4-10-31-20-12-18(19(26(29)30)13-21(20)32-11-5-2)24-22(27)14-25-15(3)16-8-6-7-9-17(16)23(25)28/h6-9,12-13H,3-5,10-11,14H2,1-2H3,(H,24,27). The van der Waals surface area contributed by atoms with Gasteiger partial charge in [-0.2, -0.15) is 0 Å². The van der Waals surface area contributed by atoms with E-state index in [-0.39, 0.29) is 29.6 Å². The number of nitrogens with one attached hydrogen (secondary N) is 1. The Morgan fingerprint density at radius 3 is 2.25 bits per heavy atom. The number of fused-ring (bicyclic) bond motifs is 1. The van der Waals surface area contributed by atoms with Crippen molar-refractivity contribution in [2.75, 3.05) is 25.1 Å². The van der Waals surface area contributed by atoms with E-state index >= 15 is 0 Å². The highest BCUT2D eigenvalue weighted by Crippen LogP contribution is 2.38. The van der Waals surface area contributed by atoms with E-state index < -0.39 is 10.8 Å². The lowest BCUT2D eigenvalue weighted by atomic mass is 10.1. The summed E-state index contributed by atoms with van der Waals surface area (Å²) >= 11 is 0.